The second-order valence-corrected chi connectivity index (χ2v) is 6.35. The van der Waals surface area contributed by atoms with E-state index in [-0.39, 0.29) is 0 Å². The first-order valence-electron chi connectivity index (χ1n) is 8.29. The fraction of sp³-hybridized carbons (Fsp3) is 0.667. The number of rotatable bonds is 4. The van der Waals surface area contributed by atoms with Crippen molar-refractivity contribution in [2.75, 3.05) is 13.2 Å². The second kappa shape index (κ2) is 6.73. The van der Waals surface area contributed by atoms with Crippen molar-refractivity contribution in [2.45, 2.75) is 64.0 Å². The van der Waals surface area contributed by atoms with Crippen molar-refractivity contribution in [3.05, 3.63) is 34.9 Å². The summed E-state index contributed by atoms with van der Waals surface area (Å²) in [5.74, 6) is 0. The Bertz CT molecular complexity index is 437. The molecule has 1 saturated heterocycles. The highest BCUT2D eigenvalue weighted by Crippen LogP contribution is 2.25. The molecule has 3 rings (SSSR count). The number of fused-ring (bicyclic) bond motifs is 1. The SMILES string of the molecule is CC(NCC1CCCCO1)c1ccc2c(c1)CCCC2. The van der Waals surface area contributed by atoms with Crippen LogP contribution in [0.5, 0.6) is 0 Å². The second-order valence-electron chi connectivity index (χ2n) is 6.35. The monoisotopic (exact) mass is 273 g/mol. The Hall–Kier alpha value is -0.860. The molecule has 2 aliphatic rings. The Labute approximate surface area is 122 Å². The first-order valence-corrected chi connectivity index (χ1v) is 8.29. The highest BCUT2D eigenvalue weighted by Gasteiger charge is 2.16. The van der Waals surface area contributed by atoms with E-state index in [1.165, 1.54) is 50.5 Å². The lowest BCUT2D eigenvalue weighted by Crippen LogP contribution is -2.33. The van der Waals surface area contributed by atoms with Crippen molar-refractivity contribution in [3.8, 4) is 0 Å². The van der Waals surface area contributed by atoms with Crippen LogP contribution in [0.4, 0.5) is 0 Å². The van der Waals surface area contributed by atoms with Crippen LogP contribution in [0, 0.1) is 0 Å². The maximum absolute atomic E-state index is 5.79. The number of hydrogen-bond donors (Lipinski definition) is 1. The average Bonchev–Trinajstić information content (AvgIpc) is 2.53. The van der Waals surface area contributed by atoms with E-state index in [1.54, 1.807) is 11.1 Å². The minimum absolute atomic E-state index is 0.420. The van der Waals surface area contributed by atoms with E-state index in [0.717, 1.165) is 13.2 Å². The largest absolute Gasteiger partial charge is 0.377 e. The number of hydrogen-bond acceptors (Lipinski definition) is 2. The minimum atomic E-state index is 0.420. The molecule has 20 heavy (non-hydrogen) atoms. The van der Waals surface area contributed by atoms with Gasteiger partial charge < -0.3 is 10.1 Å². The standard InChI is InChI=1S/C18H27NO/c1-14(19-13-18-8-4-5-11-20-18)16-10-9-15-6-2-3-7-17(15)12-16/h9-10,12,14,18-19H,2-8,11,13H2,1H3. The van der Waals surface area contributed by atoms with Crippen LogP contribution in [0.1, 0.15) is 61.8 Å². The summed E-state index contributed by atoms with van der Waals surface area (Å²) < 4.78 is 5.79. The molecule has 1 fully saturated rings. The lowest BCUT2D eigenvalue weighted by molar-refractivity contribution is 0.0156. The molecule has 2 nitrogen and oxygen atoms in total. The molecule has 1 aliphatic carbocycles. The molecule has 1 aromatic rings. The lowest BCUT2D eigenvalue weighted by Gasteiger charge is -2.25. The summed E-state index contributed by atoms with van der Waals surface area (Å²) in [6.07, 6.45) is 9.44. The predicted octanol–water partition coefficient (Wildman–Crippen LogP) is 3.79. The van der Waals surface area contributed by atoms with E-state index in [1.807, 2.05) is 0 Å². The Kier molecular flexibility index (Phi) is 4.74. The fourth-order valence-corrected chi connectivity index (χ4v) is 3.42. The van der Waals surface area contributed by atoms with Gasteiger partial charge in [-0.15, -0.1) is 0 Å². The maximum atomic E-state index is 5.79. The van der Waals surface area contributed by atoms with Gasteiger partial charge in [-0.25, -0.2) is 0 Å². The van der Waals surface area contributed by atoms with Gasteiger partial charge in [0.2, 0.25) is 0 Å². The molecule has 2 heteroatoms. The van der Waals surface area contributed by atoms with E-state index >= 15 is 0 Å². The van der Waals surface area contributed by atoms with Crippen LogP contribution in [0.25, 0.3) is 0 Å². The summed E-state index contributed by atoms with van der Waals surface area (Å²) in [4.78, 5) is 0. The predicted molar refractivity (Wildman–Crippen MR) is 83.1 cm³/mol. The molecule has 2 unspecified atom stereocenters. The number of nitrogens with one attached hydrogen (secondary N) is 1. The highest BCUT2D eigenvalue weighted by atomic mass is 16.5. The topological polar surface area (TPSA) is 21.3 Å². The van der Waals surface area contributed by atoms with Crippen LogP contribution in [0.15, 0.2) is 18.2 Å². The summed E-state index contributed by atoms with van der Waals surface area (Å²) in [5.41, 5.74) is 4.58. The van der Waals surface area contributed by atoms with Crippen LogP contribution in [0.3, 0.4) is 0 Å². The molecule has 1 N–H and O–H groups in total. The summed E-state index contributed by atoms with van der Waals surface area (Å²) >= 11 is 0. The van der Waals surface area contributed by atoms with E-state index in [9.17, 15) is 0 Å². The molecule has 0 spiro atoms. The quantitative estimate of drug-likeness (QED) is 0.901. The number of benzene rings is 1. The van der Waals surface area contributed by atoms with Crippen LogP contribution in [0.2, 0.25) is 0 Å². The Morgan fingerprint density at radius 1 is 1.15 bits per heavy atom. The molecular formula is C18H27NO. The Morgan fingerprint density at radius 3 is 2.80 bits per heavy atom. The summed E-state index contributed by atoms with van der Waals surface area (Å²) in [5, 5.41) is 3.65. The smallest absolute Gasteiger partial charge is 0.0699 e. The molecule has 0 aromatic heterocycles. The first-order chi connectivity index (χ1) is 9.83. The minimum Gasteiger partial charge on any atom is -0.377 e. The van der Waals surface area contributed by atoms with E-state index in [2.05, 4.69) is 30.4 Å². The van der Waals surface area contributed by atoms with E-state index in [4.69, 9.17) is 4.74 Å². The van der Waals surface area contributed by atoms with E-state index in [0.29, 0.717) is 12.1 Å². The fourth-order valence-electron chi connectivity index (χ4n) is 3.42. The van der Waals surface area contributed by atoms with Gasteiger partial charge in [0.1, 0.15) is 0 Å². The van der Waals surface area contributed by atoms with Gasteiger partial charge in [-0.1, -0.05) is 18.2 Å². The summed E-state index contributed by atoms with van der Waals surface area (Å²) in [6, 6.07) is 7.50. The maximum Gasteiger partial charge on any atom is 0.0699 e. The molecule has 0 radical (unpaired) electrons. The third kappa shape index (κ3) is 3.42. The molecule has 110 valence electrons. The molecule has 1 aromatic carbocycles. The van der Waals surface area contributed by atoms with Crippen LogP contribution in [-0.2, 0) is 17.6 Å². The zero-order valence-electron chi connectivity index (χ0n) is 12.7. The lowest BCUT2D eigenvalue weighted by atomic mass is 9.89. The summed E-state index contributed by atoms with van der Waals surface area (Å²) in [6.45, 7) is 4.20. The van der Waals surface area contributed by atoms with Gasteiger partial charge in [0.25, 0.3) is 0 Å². The molecular weight excluding hydrogens is 246 g/mol. The van der Waals surface area contributed by atoms with Crippen molar-refractivity contribution in [1.82, 2.24) is 5.32 Å². The van der Waals surface area contributed by atoms with Gasteiger partial charge in [-0.2, -0.15) is 0 Å². The van der Waals surface area contributed by atoms with Gasteiger partial charge in [0, 0.05) is 19.2 Å². The van der Waals surface area contributed by atoms with E-state index < -0.39 is 0 Å². The Balaban J connectivity index is 1.57. The molecule has 0 saturated carbocycles. The summed E-state index contributed by atoms with van der Waals surface area (Å²) in [7, 11) is 0. The van der Waals surface area contributed by atoms with Crippen molar-refractivity contribution in [1.29, 1.82) is 0 Å². The Morgan fingerprint density at radius 2 is 2.00 bits per heavy atom. The van der Waals surface area contributed by atoms with Gasteiger partial charge in [0.05, 0.1) is 6.10 Å². The molecule has 0 amide bonds. The number of ether oxygens (including phenoxy) is 1. The van der Waals surface area contributed by atoms with Crippen LogP contribution in [-0.4, -0.2) is 19.3 Å². The average molecular weight is 273 g/mol. The van der Waals surface area contributed by atoms with Gasteiger partial charge in [-0.05, 0) is 68.6 Å². The molecule has 1 aliphatic heterocycles. The third-order valence-corrected chi connectivity index (χ3v) is 4.80. The third-order valence-electron chi connectivity index (χ3n) is 4.80. The molecule has 0 bridgehead atoms. The zero-order valence-corrected chi connectivity index (χ0v) is 12.7. The van der Waals surface area contributed by atoms with Gasteiger partial charge in [0.15, 0.2) is 0 Å². The van der Waals surface area contributed by atoms with Gasteiger partial charge >= 0.3 is 0 Å². The van der Waals surface area contributed by atoms with Crippen molar-refractivity contribution >= 4 is 0 Å². The van der Waals surface area contributed by atoms with Crippen molar-refractivity contribution in [3.63, 3.8) is 0 Å². The van der Waals surface area contributed by atoms with Gasteiger partial charge in [-0.3, -0.25) is 0 Å². The van der Waals surface area contributed by atoms with Crippen molar-refractivity contribution in [2.24, 2.45) is 0 Å². The highest BCUT2D eigenvalue weighted by molar-refractivity contribution is 5.35. The van der Waals surface area contributed by atoms with Crippen molar-refractivity contribution < 1.29 is 4.74 Å². The molecule has 1 heterocycles. The first kappa shape index (κ1) is 14.1. The number of aryl methyl sites for hydroxylation is 2. The molecule has 2 atom stereocenters. The normalized spacial score (nSPS) is 24.1. The van der Waals surface area contributed by atoms with Crippen LogP contribution >= 0.6 is 0 Å². The van der Waals surface area contributed by atoms with Crippen LogP contribution < -0.4 is 5.32 Å². The zero-order chi connectivity index (χ0) is 13.8.